The Balaban J connectivity index is 1.44. The summed E-state index contributed by atoms with van der Waals surface area (Å²) in [5.41, 5.74) is 0.573. The first-order valence-corrected chi connectivity index (χ1v) is 10.7. The number of benzene rings is 2. The van der Waals surface area contributed by atoms with E-state index < -0.39 is 29.8 Å². The third-order valence-electron chi connectivity index (χ3n) is 5.97. The molecule has 1 atom stereocenters. The Hall–Kier alpha value is -4.09. The molecule has 1 unspecified atom stereocenters. The second-order valence-electron chi connectivity index (χ2n) is 8.38. The van der Waals surface area contributed by atoms with Crippen LogP contribution in [0.2, 0.25) is 0 Å². The Bertz CT molecular complexity index is 1510. The van der Waals surface area contributed by atoms with Crippen LogP contribution in [-0.4, -0.2) is 42.3 Å². The Labute approximate surface area is 195 Å². The molecule has 2 aromatic heterocycles. The Morgan fingerprint density at radius 3 is 2.63 bits per heavy atom. The van der Waals surface area contributed by atoms with Crippen molar-refractivity contribution in [3.05, 3.63) is 87.1 Å². The zero-order valence-electron chi connectivity index (χ0n) is 18.3. The number of fused-ring (bicyclic) bond motifs is 2. The third-order valence-corrected chi connectivity index (χ3v) is 5.97. The summed E-state index contributed by atoms with van der Waals surface area (Å²) in [6, 6.07) is 10.2. The fraction of sp³-hybridized carbons (Fsp3) is 0.261. The summed E-state index contributed by atoms with van der Waals surface area (Å²) in [5.74, 6) is -2.57. The van der Waals surface area contributed by atoms with Gasteiger partial charge < -0.3 is 9.47 Å². The molecule has 0 saturated carbocycles. The van der Waals surface area contributed by atoms with Crippen LogP contribution in [0.1, 0.15) is 46.2 Å². The minimum Gasteiger partial charge on any atom is -0.329 e. The number of halogens is 4. The number of hydrogen-bond acceptors (Lipinski definition) is 5. The van der Waals surface area contributed by atoms with Gasteiger partial charge in [-0.05, 0) is 30.7 Å². The third kappa shape index (κ3) is 4.04. The first-order valence-electron chi connectivity index (χ1n) is 10.7. The highest BCUT2D eigenvalue weighted by molar-refractivity contribution is 5.95. The molecule has 0 radical (unpaired) electrons. The van der Waals surface area contributed by atoms with Gasteiger partial charge in [0.05, 0.1) is 29.2 Å². The van der Waals surface area contributed by atoms with Gasteiger partial charge in [0.1, 0.15) is 5.82 Å². The summed E-state index contributed by atoms with van der Waals surface area (Å²) in [7, 11) is 0. The van der Waals surface area contributed by atoms with Crippen molar-refractivity contribution < 1.29 is 22.4 Å². The second-order valence-corrected chi connectivity index (χ2v) is 8.38. The maximum absolute atomic E-state index is 14.7. The van der Waals surface area contributed by atoms with E-state index in [-0.39, 0.29) is 36.5 Å². The molecule has 0 saturated heterocycles. The lowest BCUT2D eigenvalue weighted by Gasteiger charge is -2.32. The van der Waals surface area contributed by atoms with Crippen molar-refractivity contribution in [3.8, 4) is 0 Å². The molecule has 180 valence electrons. The molecule has 3 heterocycles. The van der Waals surface area contributed by atoms with Crippen molar-refractivity contribution in [3.63, 3.8) is 0 Å². The average Bonchev–Trinajstić information content (AvgIpc) is 3.27. The van der Waals surface area contributed by atoms with Gasteiger partial charge in [0, 0.05) is 18.4 Å². The van der Waals surface area contributed by atoms with Gasteiger partial charge in [-0.15, -0.1) is 10.2 Å². The molecule has 4 aromatic rings. The highest BCUT2D eigenvalue weighted by atomic mass is 19.4. The fourth-order valence-electron chi connectivity index (χ4n) is 4.39. The highest BCUT2D eigenvalue weighted by Crippen LogP contribution is 2.33. The number of carbonyl (C=O) groups is 1. The van der Waals surface area contributed by atoms with E-state index in [2.05, 4.69) is 20.4 Å². The monoisotopic (exact) mass is 486 g/mol. The molecular weight excluding hydrogens is 468 g/mol. The van der Waals surface area contributed by atoms with Crippen LogP contribution in [0.5, 0.6) is 0 Å². The number of rotatable bonds is 3. The minimum absolute atomic E-state index is 0.0232. The smallest absolute Gasteiger partial charge is 0.329 e. The molecule has 35 heavy (non-hydrogen) atoms. The standard InChI is InChI=1S/C23H18F4N6O2/c1-12-10-32(11-19-29-31-22(33(12)19)23(25,26)27)21(35)16-8-13(6-7-17(16)24)9-18-14-4-2-3-5-15(14)20(34)30-28-18/h2-8,12H,9-11H2,1H3,(H,30,34). The Morgan fingerprint density at radius 2 is 1.89 bits per heavy atom. The number of amides is 1. The van der Waals surface area contributed by atoms with Gasteiger partial charge in [0.25, 0.3) is 11.5 Å². The second kappa shape index (κ2) is 8.29. The molecule has 1 aliphatic heterocycles. The van der Waals surface area contributed by atoms with Gasteiger partial charge in [-0.3, -0.25) is 9.59 Å². The number of carbonyl (C=O) groups excluding carboxylic acids is 1. The first kappa shape index (κ1) is 22.7. The van der Waals surface area contributed by atoms with E-state index in [9.17, 15) is 27.2 Å². The van der Waals surface area contributed by atoms with Crippen LogP contribution in [0.25, 0.3) is 10.8 Å². The summed E-state index contributed by atoms with van der Waals surface area (Å²) in [6.07, 6.45) is -4.45. The average molecular weight is 486 g/mol. The van der Waals surface area contributed by atoms with Crippen molar-refractivity contribution >= 4 is 16.7 Å². The van der Waals surface area contributed by atoms with E-state index in [4.69, 9.17) is 0 Å². The van der Waals surface area contributed by atoms with E-state index in [1.807, 2.05) is 0 Å². The molecule has 1 N–H and O–H groups in total. The quantitative estimate of drug-likeness (QED) is 0.448. The number of nitrogens with zero attached hydrogens (tertiary/aromatic N) is 5. The van der Waals surface area contributed by atoms with Crippen molar-refractivity contribution in [1.29, 1.82) is 0 Å². The molecule has 5 rings (SSSR count). The predicted molar refractivity (Wildman–Crippen MR) is 116 cm³/mol. The van der Waals surface area contributed by atoms with E-state index in [0.29, 0.717) is 22.0 Å². The van der Waals surface area contributed by atoms with Crippen LogP contribution in [-0.2, 0) is 19.1 Å². The van der Waals surface area contributed by atoms with Crippen LogP contribution in [0.3, 0.4) is 0 Å². The number of alkyl halides is 3. The maximum atomic E-state index is 14.7. The molecule has 1 amide bonds. The lowest BCUT2D eigenvalue weighted by molar-refractivity contribution is -0.148. The van der Waals surface area contributed by atoms with Gasteiger partial charge in [-0.25, -0.2) is 9.49 Å². The number of hydrogen-bond donors (Lipinski definition) is 1. The topological polar surface area (TPSA) is 96.8 Å². The van der Waals surface area contributed by atoms with Gasteiger partial charge in [0.2, 0.25) is 5.82 Å². The van der Waals surface area contributed by atoms with Gasteiger partial charge in [0.15, 0.2) is 5.82 Å². The Morgan fingerprint density at radius 1 is 1.14 bits per heavy atom. The highest BCUT2D eigenvalue weighted by Gasteiger charge is 2.42. The predicted octanol–water partition coefficient (Wildman–Crippen LogP) is 3.48. The molecule has 0 fully saturated rings. The number of aromatic nitrogens is 5. The van der Waals surface area contributed by atoms with Crippen LogP contribution < -0.4 is 5.56 Å². The maximum Gasteiger partial charge on any atom is 0.451 e. The van der Waals surface area contributed by atoms with Crippen LogP contribution in [0.4, 0.5) is 17.6 Å². The SMILES string of the molecule is CC1CN(C(=O)c2cc(Cc3n[nH]c(=O)c4ccccc34)ccc2F)Cc2nnc(C(F)(F)F)n21. The Kier molecular flexibility index (Phi) is 5.37. The lowest BCUT2D eigenvalue weighted by Crippen LogP contribution is -2.41. The number of nitrogens with one attached hydrogen (secondary N) is 1. The zero-order valence-corrected chi connectivity index (χ0v) is 18.3. The molecule has 12 heteroatoms. The summed E-state index contributed by atoms with van der Waals surface area (Å²) in [6.45, 7) is 1.21. The summed E-state index contributed by atoms with van der Waals surface area (Å²) < 4.78 is 55.3. The van der Waals surface area contributed by atoms with Crippen molar-refractivity contribution in [2.75, 3.05) is 6.54 Å². The summed E-state index contributed by atoms with van der Waals surface area (Å²) in [4.78, 5) is 26.5. The zero-order chi connectivity index (χ0) is 24.9. The van der Waals surface area contributed by atoms with Crippen molar-refractivity contribution in [2.24, 2.45) is 0 Å². The molecule has 2 aromatic carbocycles. The minimum atomic E-state index is -4.67. The van der Waals surface area contributed by atoms with E-state index in [1.54, 1.807) is 24.3 Å². The summed E-state index contributed by atoms with van der Waals surface area (Å²) >= 11 is 0. The van der Waals surface area contributed by atoms with Crippen LogP contribution in [0.15, 0.2) is 47.3 Å². The number of aromatic amines is 1. The van der Waals surface area contributed by atoms with Crippen LogP contribution in [0, 0.1) is 5.82 Å². The molecule has 8 nitrogen and oxygen atoms in total. The van der Waals surface area contributed by atoms with Gasteiger partial charge in [-0.1, -0.05) is 24.3 Å². The van der Waals surface area contributed by atoms with Gasteiger partial charge >= 0.3 is 6.18 Å². The molecule has 0 bridgehead atoms. The fourth-order valence-corrected chi connectivity index (χ4v) is 4.39. The molecule has 0 spiro atoms. The van der Waals surface area contributed by atoms with Gasteiger partial charge in [-0.2, -0.15) is 18.3 Å². The molecule has 0 aliphatic carbocycles. The normalized spacial score (nSPS) is 15.9. The first-order chi connectivity index (χ1) is 16.6. The van der Waals surface area contributed by atoms with Crippen LogP contribution >= 0.6 is 0 Å². The molecule has 1 aliphatic rings. The summed E-state index contributed by atoms with van der Waals surface area (Å²) in [5, 5.41) is 14.5. The number of H-pyrrole nitrogens is 1. The van der Waals surface area contributed by atoms with E-state index in [1.165, 1.54) is 24.0 Å². The van der Waals surface area contributed by atoms with E-state index >= 15 is 0 Å². The van der Waals surface area contributed by atoms with Crippen molar-refractivity contribution in [2.45, 2.75) is 32.1 Å². The van der Waals surface area contributed by atoms with E-state index in [0.717, 1.165) is 10.6 Å². The largest absolute Gasteiger partial charge is 0.451 e. The van der Waals surface area contributed by atoms with Crippen molar-refractivity contribution in [1.82, 2.24) is 29.9 Å². The molecular formula is C23H18F4N6O2. The lowest BCUT2D eigenvalue weighted by atomic mass is 10.0.